The molecule has 0 amide bonds. The first-order valence-corrected chi connectivity index (χ1v) is 3.83. The van der Waals surface area contributed by atoms with Crippen LogP contribution in [0.1, 0.15) is 13.3 Å². The van der Waals surface area contributed by atoms with Crippen LogP contribution in [0.4, 0.5) is 0 Å². The maximum atomic E-state index is 10.9. The molecule has 0 aromatic carbocycles. The second-order valence-electron chi connectivity index (χ2n) is 2.62. The Balaban J connectivity index is 4.24. The van der Waals surface area contributed by atoms with E-state index in [4.69, 9.17) is 0 Å². The predicted octanol–water partition coefficient (Wildman–Crippen LogP) is 0.510. The molecule has 1 atom stereocenters. The third-order valence-electron chi connectivity index (χ3n) is 1.58. The molecule has 4 nitrogen and oxygen atoms in total. The van der Waals surface area contributed by atoms with Gasteiger partial charge in [0.2, 0.25) is 0 Å². The molecule has 0 rings (SSSR count). The van der Waals surface area contributed by atoms with E-state index >= 15 is 0 Å². The second-order valence-corrected chi connectivity index (χ2v) is 2.62. The first-order chi connectivity index (χ1) is 6.15. The van der Waals surface area contributed by atoms with Crippen molar-refractivity contribution in [3.63, 3.8) is 0 Å². The third kappa shape index (κ3) is 4.20. The quantitative estimate of drug-likeness (QED) is 0.355. The number of carbonyl (C=O) groups excluding carboxylic acids is 3. The van der Waals surface area contributed by atoms with Gasteiger partial charge in [-0.1, -0.05) is 6.92 Å². The summed E-state index contributed by atoms with van der Waals surface area (Å²) in [5, 5.41) is 0. The van der Waals surface area contributed by atoms with Gasteiger partial charge in [-0.15, -0.1) is 0 Å². The number of allylic oxidation sites excluding steroid dienone is 2. The van der Waals surface area contributed by atoms with Crippen LogP contribution in [0.25, 0.3) is 0 Å². The van der Waals surface area contributed by atoms with Crippen molar-refractivity contribution in [3.05, 3.63) is 11.6 Å². The van der Waals surface area contributed by atoms with Gasteiger partial charge in [0.05, 0.1) is 13.0 Å². The fourth-order valence-electron chi connectivity index (χ4n) is 0.881. The molecule has 0 heterocycles. The molecular formula is C9H12O4. The van der Waals surface area contributed by atoms with Gasteiger partial charge in [0.1, 0.15) is 12.6 Å². The summed E-state index contributed by atoms with van der Waals surface area (Å²) in [4.78, 5) is 31.3. The number of rotatable bonds is 5. The molecule has 0 bridgehead atoms. The van der Waals surface area contributed by atoms with Crippen LogP contribution in [-0.4, -0.2) is 25.7 Å². The van der Waals surface area contributed by atoms with Crippen molar-refractivity contribution < 1.29 is 19.1 Å². The van der Waals surface area contributed by atoms with Crippen LogP contribution in [0.5, 0.6) is 0 Å². The van der Waals surface area contributed by atoms with Gasteiger partial charge >= 0.3 is 5.97 Å². The van der Waals surface area contributed by atoms with Crippen LogP contribution in [0.15, 0.2) is 11.6 Å². The molecule has 0 aromatic heterocycles. The van der Waals surface area contributed by atoms with E-state index in [1.54, 1.807) is 6.92 Å². The fraction of sp³-hybridized carbons (Fsp3) is 0.444. The minimum atomic E-state index is -0.401. The van der Waals surface area contributed by atoms with Crippen LogP contribution < -0.4 is 0 Å². The Kier molecular flexibility index (Phi) is 5.43. The molecule has 0 aliphatic carbocycles. The Hall–Kier alpha value is -1.45. The molecule has 0 aliphatic rings. The van der Waals surface area contributed by atoms with Gasteiger partial charge in [0.25, 0.3) is 0 Å². The van der Waals surface area contributed by atoms with Crippen LogP contribution >= 0.6 is 0 Å². The molecule has 0 N–H and O–H groups in total. The van der Waals surface area contributed by atoms with Gasteiger partial charge in [-0.2, -0.15) is 0 Å². The summed E-state index contributed by atoms with van der Waals surface area (Å²) < 4.78 is 4.47. The highest BCUT2D eigenvalue weighted by atomic mass is 16.5. The average molecular weight is 184 g/mol. The Labute approximate surface area is 76.6 Å². The van der Waals surface area contributed by atoms with Gasteiger partial charge in [-0.05, 0) is 18.1 Å². The van der Waals surface area contributed by atoms with Gasteiger partial charge in [0.15, 0.2) is 0 Å². The molecular weight excluding hydrogens is 172 g/mol. The molecule has 0 fully saturated rings. The highest BCUT2D eigenvalue weighted by Gasteiger charge is 2.14. The lowest BCUT2D eigenvalue weighted by atomic mass is 10.0. The second kappa shape index (κ2) is 6.11. The van der Waals surface area contributed by atoms with E-state index in [9.17, 15) is 14.4 Å². The largest absolute Gasteiger partial charge is 0.469 e. The van der Waals surface area contributed by atoms with Gasteiger partial charge in [-0.3, -0.25) is 14.4 Å². The summed E-state index contributed by atoms with van der Waals surface area (Å²) in [5.41, 5.74) is 0.299. The van der Waals surface area contributed by atoms with Crippen LogP contribution in [-0.2, 0) is 19.1 Å². The smallest absolute Gasteiger partial charge is 0.308 e. The van der Waals surface area contributed by atoms with Crippen molar-refractivity contribution in [1.29, 1.82) is 0 Å². The lowest BCUT2D eigenvalue weighted by molar-refractivity contribution is -0.144. The minimum absolute atomic E-state index is 0.231. The first kappa shape index (κ1) is 11.6. The summed E-state index contributed by atoms with van der Waals surface area (Å²) in [6.07, 6.45) is 2.46. The van der Waals surface area contributed by atoms with Crippen molar-refractivity contribution in [2.75, 3.05) is 7.11 Å². The van der Waals surface area contributed by atoms with E-state index in [-0.39, 0.29) is 6.42 Å². The number of aldehydes is 2. The van der Waals surface area contributed by atoms with E-state index in [0.717, 1.165) is 6.08 Å². The zero-order chi connectivity index (χ0) is 10.3. The molecule has 4 heteroatoms. The number of hydrogen-bond acceptors (Lipinski definition) is 4. The number of hydrogen-bond donors (Lipinski definition) is 0. The van der Waals surface area contributed by atoms with Crippen molar-refractivity contribution >= 4 is 18.5 Å². The van der Waals surface area contributed by atoms with E-state index < -0.39 is 11.9 Å². The normalized spacial score (nSPS) is 13.2. The molecule has 0 saturated heterocycles. The number of esters is 1. The van der Waals surface area contributed by atoms with E-state index in [1.165, 1.54) is 7.11 Å². The lowest BCUT2D eigenvalue weighted by Crippen LogP contribution is -2.13. The number of carbonyl (C=O) groups is 3. The van der Waals surface area contributed by atoms with Crippen LogP contribution in [0.3, 0.4) is 0 Å². The Morgan fingerprint density at radius 3 is 2.46 bits per heavy atom. The van der Waals surface area contributed by atoms with Gasteiger partial charge < -0.3 is 4.74 Å². The molecule has 0 radical (unpaired) electrons. The molecule has 0 aromatic rings. The Bertz CT molecular complexity index is 230. The summed E-state index contributed by atoms with van der Waals surface area (Å²) in [6, 6.07) is 0. The van der Waals surface area contributed by atoms with Crippen LogP contribution in [0.2, 0.25) is 0 Å². The maximum absolute atomic E-state index is 10.9. The van der Waals surface area contributed by atoms with E-state index in [2.05, 4.69) is 4.74 Å². The molecule has 72 valence electrons. The molecule has 0 spiro atoms. The predicted molar refractivity (Wildman–Crippen MR) is 46.0 cm³/mol. The zero-order valence-electron chi connectivity index (χ0n) is 7.65. The standard InChI is InChI=1S/C9H12O4/c1-7(9(12)13-2)5-8(6-11)3-4-10/h3-4,6-7H,5H2,1-2H3/b8-3+. The average Bonchev–Trinajstić information content (AvgIpc) is 2.15. The summed E-state index contributed by atoms with van der Waals surface area (Å²) in [7, 11) is 1.28. The Morgan fingerprint density at radius 2 is 2.08 bits per heavy atom. The van der Waals surface area contributed by atoms with E-state index in [1.807, 2.05) is 0 Å². The highest BCUT2D eigenvalue weighted by molar-refractivity contribution is 5.83. The summed E-state index contributed by atoms with van der Waals surface area (Å²) in [5.74, 6) is -0.792. The molecule has 0 saturated carbocycles. The number of ether oxygens (including phenoxy) is 1. The van der Waals surface area contributed by atoms with Crippen molar-refractivity contribution in [2.24, 2.45) is 5.92 Å². The van der Waals surface area contributed by atoms with Gasteiger partial charge in [0, 0.05) is 0 Å². The minimum Gasteiger partial charge on any atom is -0.469 e. The molecule has 0 aliphatic heterocycles. The van der Waals surface area contributed by atoms with E-state index in [0.29, 0.717) is 18.1 Å². The van der Waals surface area contributed by atoms with Crippen LogP contribution in [0, 0.1) is 5.92 Å². The SMILES string of the molecule is COC(=O)C(C)C/C(C=O)=C\C=O. The fourth-order valence-corrected chi connectivity index (χ4v) is 0.881. The van der Waals surface area contributed by atoms with Crippen molar-refractivity contribution in [3.8, 4) is 0 Å². The summed E-state index contributed by atoms with van der Waals surface area (Å²) >= 11 is 0. The summed E-state index contributed by atoms with van der Waals surface area (Å²) in [6.45, 7) is 1.63. The first-order valence-electron chi connectivity index (χ1n) is 3.83. The maximum Gasteiger partial charge on any atom is 0.308 e. The van der Waals surface area contributed by atoms with Crippen molar-refractivity contribution in [1.82, 2.24) is 0 Å². The lowest BCUT2D eigenvalue weighted by Gasteiger charge is -2.07. The molecule has 13 heavy (non-hydrogen) atoms. The molecule has 1 unspecified atom stereocenters. The van der Waals surface area contributed by atoms with Crippen molar-refractivity contribution in [2.45, 2.75) is 13.3 Å². The van der Waals surface area contributed by atoms with Gasteiger partial charge in [-0.25, -0.2) is 0 Å². The monoisotopic (exact) mass is 184 g/mol. The third-order valence-corrected chi connectivity index (χ3v) is 1.58. The zero-order valence-corrected chi connectivity index (χ0v) is 7.65. The Morgan fingerprint density at radius 1 is 1.46 bits per heavy atom. The topological polar surface area (TPSA) is 60.4 Å². The number of methoxy groups -OCH3 is 1. The highest BCUT2D eigenvalue weighted by Crippen LogP contribution is 2.10.